The number of hydrogen-bond acceptors (Lipinski definition) is 5. The van der Waals surface area contributed by atoms with Crippen LogP contribution < -0.4 is 0 Å². The van der Waals surface area contributed by atoms with E-state index in [0.29, 0.717) is 5.92 Å². The first-order chi connectivity index (χ1) is 12.2. The summed E-state index contributed by atoms with van der Waals surface area (Å²) in [7, 11) is 0. The third kappa shape index (κ3) is 3.80. The highest BCUT2D eigenvalue weighted by Crippen LogP contribution is 2.40. The van der Waals surface area contributed by atoms with E-state index in [4.69, 9.17) is 4.98 Å². The zero-order valence-corrected chi connectivity index (χ0v) is 16.2. The Morgan fingerprint density at radius 3 is 2.92 bits per heavy atom. The molecule has 130 valence electrons. The van der Waals surface area contributed by atoms with E-state index in [9.17, 15) is 0 Å². The number of aromatic nitrogens is 4. The molecule has 1 fully saturated rings. The van der Waals surface area contributed by atoms with Gasteiger partial charge < -0.3 is 4.57 Å². The number of nitrogens with zero attached hydrogens (tertiary/aromatic N) is 4. The monoisotopic (exact) mass is 370 g/mol. The highest BCUT2D eigenvalue weighted by Gasteiger charge is 2.30. The van der Waals surface area contributed by atoms with Crippen LogP contribution in [0.3, 0.4) is 0 Å². The first-order valence-corrected chi connectivity index (χ1v) is 10.7. The van der Waals surface area contributed by atoms with E-state index in [1.54, 1.807) is 23.1 Å². The molecule has 0 bridgehead atoms. The molecule has 2 heterocycles. The zero-order valence-electron chi connectivity index (χ0n) is 14.6. The molecule has 2 aromatic heterocycles. The van der Waals surface area contributed by atoms with E-state index in [0.717, 1.165) is 34.6 Å². The van der Waals surface area contributed by atoms with Gasteiger partial charge in [0.2, 0.25) is 0 Å². The molecular weight excluding hydrogens is 348 g/mol. The Labute approximate surface area is 156 Å². The second-order valence-electron chi connectivity index (χ2n) is 6.57. The summed E-state index contributed by atoms with van der Waals surface area (Å²) in [5, 5.41) is 13.2. The molecule has 4 rings (SSSR count). The summed E-state index contributed by atoms with van der Waals surface area (Å²) in [5.41, 5.74) is 3.58. The summed E-state index contributed by atoms with van der Waals surface area (Å²) >= 11 is 3.47. The van der Waals surface area contributed by atoms with E-state index in [1.165, 1.54) is 29.8 Å². The second-order valence-corrected chi connectivity index (χ2v) is 8.37. The summed E-state index contributed by atoms with van der Waals surface area (Å²) in [6, 6.07) is 8.52. The standard InChI is InChI=1S/C19H22N4S2/c1-3-9-23-17(14-7-8-14)21-22-19(23)25-12-16-11-24-18(20-16)15-6-4-5-13(2)10-15/h4-6,10-11,14H,3,7-9,12H2,1-2H3. The zero-order chi connectivity index (χ0) is 17.2. The van der Waals surface area contributed by atoms with Crippen molar-refractivity contribution in [2.24, 2.45) is 0 Å². The number of thioether (sulfide) groups is 1. The van der Waals surface area contributed by atoms with Crippen LogP contribution in [0.25, 0.3) is 10.6 Å². The molecule has 25 heavy (non-hydrogen) atoms. The van der Waals surface area contributed by atoms with Crippen LogP contribution in [0.4, 0.5) is 0 Å². The Kier molecular flexibility index (Phi) is 4.90. The molecule has 0 atom stereocenters. The predicted molar refractivity (Wildman–Crippen MR) is 104 cm³/mol. The molecule has 0 unspecified atom stereocenters. The molecule has 1 saturated carbocycles. The lowest BCUT2D eigenvalue weighted by molar-refractivity contribution is 0.592. The molecular formula is C19H22N4S2. The average Bonchev–Trinajstić information content (AvgIpc) is 3.20. The van der Waals surface area contributed by atoms with Crippen molar-refractivity contribution in [1.29, 1.82) is 0 Å². The van der Waals surface area contributed by atoms with Gasteiger partial charge in [0, 0.05) is 29.2 Å². The number of rotatable bonds is 7. The predicted octanol–water partition coefficient (Wildman–Crippen LogP) is 5.29. The van der Waals surface area contributed by atoms with Crippen molar-refractivity contribution in [1.82, 2.24) is 19.7 Å². The maximum atomic E-state index is 4.81. The molecule has 4 nitrogen and oxygen atoms in total. The van der Waals surface area contributed by atoms with Gasteiger partial charge in [-0.1, -0.05) is 42.4 Å². The van der Waals surface area contributed by atoms with Gasteiger partial charge in [0.1, 0.15) is 10.8 Å². The summed E-state index contributed by atoms with van der Waals surface area (Å²) in [4.78, 5) is 4.81. The van der Waals surface area contributed by atoms with Crippen molar-refractivity contribution in [3.05, 3.63) is 46.7 Å². The van der Waals surface area contributed by atoms with Gasteiger partial charge in [-0.2, -0.15) is 0 Å². The molecule has 0 N–H and O–H groups in total. The lowest BCUT2D eigenvalue weighted by Gasteiger charge is -2.07. The number of benzene rings is 1. The van der Waals surface area contributed by atoms with Crippen LogP contribution in [0.2, 0.25) is 0 Å². The Hall–Kier alpha value is -1.66. The van der Waals surface area contributed by atoms with E-state index in [2.05, 4.69) is 58.3 Å². The molecule has 1 aromatic carbocycles. The van der Waals surface area contributed by atoms with Gasteiger partial charge in [-0.3, -0.25) is 0 Å². The lowest BCUT2D eigenvalue weighted by atomic mass is 10.1. The summed E-state index contributed by atoms with van der Waals surface area (Å²) in [6.45, 7) is 5.33. The molecule has 3 aromatic rings. The highest BCUT2D eigenvalue weighted by molar-refractivity contribution is 7.98. The van der Waals surface area contributed by atoms with Gasteiger partial charge >= 0.3 is 0 Å². The van der Waals surface area contributed by atoms with E-state index >= 15 is 0 Å². The van der Waals surface area contributed by atoms with Crippen molar-refractivity contribution in [3.8, 4) is 10.6 Å². The average molecular weight is 371 g/mol. The fourth-order valence-electron chi connectivity index (χ4n) is 2.91. The topological polar surface area (TPSA) is 43.6 Å². The number of hydrogen-bond donors (Lipinski definition) is 0. The number of thiazole rings is 1. The van der Waals surface area contributed by atoms with Crippen molar-refractivity contribution in [3.63, 3.8) is 0 Å². The fraction of sp³-hybridized carbons (Fsp3) is 0.421. The first kappa shape index (κ1) is 16.8. The largest absolute Gasteiger partial charge is 0.306 e. The van der Waals surface area contributed by atoms with Crippen LogP contribution in [0.1, 0.15) is 49.2 Å². The van der Waals surface area contributed by atoms with Crippen molar-refractivity contribution in [2.45, 2.75) is 56.5 Å². The second kappa shape index (κ2) is 7.30. The van der Waals surface area contributed by atoms with Crippen LogP contribution in [0.15, 0.2) is 34.8 Å². The van der Waals surface area contributed by atoms with Gasteiger partial charge in [-0.15, -0.1) is 21.5 Å². The summed E-state index contributed by atoms with van der Waals surface area (Å²) < 4.78 is 2.32. The molecule has 6 heteroatoms. The van der Waals surface area contributed by atoms with Gasteiger partial charge in [-0.25, -0.2) is 4.98 Å². The smallest absolute Gasteiger partial charge is 0.191 e. The lowest BCUT2D eigenvalue weighted by Crippen LogP contribution is -2.04. The van der Waals surface area contributed by atoms with Crippen molar-refractivity contribution in [2.75, 3.05) is 0 Å². The van der Waals surface area contributed by atoms with Crippen molar-refractivity contribution >= 4 is 23.1 Å². The Morgan fingerprint density at radius 2 is 2.16 bits per heavy atom. The van der Waals surface area contributed by atoms with Crippen molar-refractivity contribution < 1.29 is 0 Å². The summed E-state index contributed by atoms with van der Waals surface area (Å²) in [5.74, 6) is 2.66. The normalized spacial score (nSPS) is 14.2. The molecule has 1 aliphatic carbocycles. The minimum Gasteiger partial charge on any atom is -0.306 e. The van der Waals surface area contributed by atoms with Gasteiger partial charge in [0.25, 0.3) is 0 Å². The number of aryl methyl sites for hydroxylation is 1. The summed E-state index contributed by atoms with van der Waals surface area (Å²) in [6.07, 6.45) is 3.64. The maximum Gasteiger partial charge on any atom is 0.191 e. The Bertz CT molecular complexity index is 864. The Morgan fingerprint density at radius 1 is 1.28 bits per heavy atom. The molecule has 1 aliphatic rings. The highest BCUT2D eigenvalue weighted by atomic mass is 32.2. The quantitative estimate of drug-likeness (QED) is 0.530. The first-order valence-electron chi connectivity index (χ1n) is 8.82. The van der Waals surface area contributed by atoms with Crippen LogP contribution in [-0.2, 0) is 12.3 Å². The SMILES string of the molecule is CCCn1c(SCc2csc(-c3cccc(C)c3)n2)nnc1C1CC1. The van der Waals surface area contributed by atoms with Crippen LogP contribution >= 0.6 is 23.1 Å². The molecule has 0 radical (unpaired) electrons. The van der Waals surface area contributed by atoms with E-state index in [-0.39, 0.29) is 0 Å². The van der Waals surface area contributed by atoms with Gasteiger partial charge in [0.15, 0.2) is 5.16 Å². The van der Waals surface area contributed by atoms with E-state index in [1.807, 2.05) is 0 Å². The van der Waals surface area contributed by atoms with Crippen LogP contribution in [0.5, 0.6) is 0 Å². The third-order valence-corrected chi connectivity index (χ3v) is 6.24. The van der Waals surface area contributed by atoms with Gasteiger partial charge in [-0.05, 0) is 32.3 Å². The molecule has 0 spiro atoms. The Balaban J connectivity index is 1.47. The third-order valence-electron chi connectivity index (χ3n) is 4.30. The van der Waals surface area contributed by atoms with Crippen LogP contribution in [-0.4, -0.2) is 19.7 Å². The maximum absolute atomic E-state index is 4.81. The molecule has 0 aliphatic heterocycles. The molecule has 0 saturated heterocycles. The minimum absolute atomic E-state index is 0.639. The fourth-order valence-corrected chi connectivity index (χ4v) is 4.69. The van der Waals surface area contributed by atoms with Gasteiger partial charge in [0.05, 0.1) is 5.69 Å². The molecule has 0 amide bonds. The minimum atomic E-state index is 0.639. The van der Waals surface area contributed by atoms with E-state index < -0.39 is 0 Å². The van der Waals surface area contributed by atoms with Crippen LogP contribution in [0, 0.1) is 6.92 Å².